The van der Waals surface area contributed by atoms with Gasteiger partial charge in [0.25, 0.3) is 0 Å². The fourth-order valence-corrected chi connectivity index (χ4v) is 1.84. The number of rotatable bonds is 4. The van der Waals surface area contributed by atoms with Gasteiger partial charge in [-0.3, -0.25) is 0 Å². The van der Waals surface area contributed by atoms with Crippen LogP contribution < -0.4 is 5.32 Å². The van der Waals surface area contributed by atoms with Crippen LogP contribution in [0.4, 0.5) is 0 Å². The normalized spacial score (nSPS) is 15.7. The minimum atomic E-state index is -0.295. The highest BCUT2D eigenvalue weighted by Crippen LogP contribution is 2.19. The lowest BCUT2D eigenvalue weighted by molar-refractivity contribution is 0.187. The smallest absolute Gasteiger partial charge is 0.0897 e. The SMILES string of the molecule is Cc1ncc(C(C)NC[C@H](C)O)s1. The third kappa shape index (κ3) is 3.42. The second kappa shape index (κ2) is 4.69. The van der Waals surface area contributed by atoms with Gasteiger partial charge in [-0.05, 0) is 20.8 Å². The van der Waals surface area contributed by atoms with Gasteiger partial charge in [-0.25, -0.2) is 4.98 Å². The van der Waals surface area contributed by atoms with E-state index in [0.29, 0.717) is 6.54 Å². The summed E-state index contributed by atoms with van der Waals surface area (Å²) >= 11 is 1.69. The van der Waals surface area contributed by atoms with Gasteiger partial charge in [-0.15, -0.1) is 11.3 Å². The van der Waals surface area contributed by atoms with Crippen molar-refractivity contribution in [3.63, 3.8) is 0 Å². The highest BCUT2D eigenvalue weighted by molar-refractivity contribution is 7.11. The van der Waals surface area contributed by atoms with Gasteiger partial charge in [-0.2, -0.15) is 0 Å². The third-order valence-corrected chi connectivity index (χ3v) is 2.88. The van der Waals surface area contributed by atoms with Crippen LogP contribution in [0.5, 0.6) is 0 Å². The van der Waals surface area contributed by atoms with Crippen LogP contribution in [-0.4, -0.2) is 22.7 Å². The zero-order chi connectivity index (χ0) is 9.84. The highest BCUT2D eigenvalue weighted by Gasteiger charge is 2.08. The van der Waals surface area contributed by atoms with Crippen LogP contribution in [0.15, 0.2) is 6.20 Å². The number of nitrogens with zero attached hydrogens (tertiary/aromatic N) is 1. The molecule has 1 aromatic heterocycles. The number of hydrogen-bond acceptors (Lipinski definition) is 4. The molecule has 0 fully saturated rings. The highest BCUT2D eigenvalue weighted by atomic mass is 32.1. The number of aliphatic hydroxyl groups excluding tert-OH is 1. The molecule has 0 saturated carbocycles. The lowest BCUT2D eigenvalue weighted by atomic mass is 10.3. The van der Waals surface area contributed by atoms with E-state index in [1.54, 1.807) is 18.3 Å². The summed E-state index contributed by atoms with van der Waals surface area (Å²) in [5.74, 6) is 0. The van der Waals surface area contributed by atoms with Crippen LogP contribution in [-0.2, 0) is 0 Å². The fourth-order valence-electron chi connectivity index (χ4n) is 1.03. The van der Waals surface area contributed by atoms with Gasteiger partial charge in [0, 0.05) is 23.7 Å². The Bertz CT molecular complexity index is 260. The Balaban J connectivity index is 2.44. The maximum atomic E-state index is 9.08. The summed E-state index contributed by atoms with van der Waals surface area (Å²) in [5.41, 5.74) is 0. The van der Waals surface area contributed by atoms with E-state index in [9.17, 15) is 0 Å². The van der Waals surface area contributed by atoms with Gasteiger partial charge < -0.3 is 10.4 Å². The van der Waals surface area contributed by atoms with Crippen molar-refractivity contribution in [3.05, 3.63) is 16.1 Å². The predicted molar refractivity (Wildman–Crippen MR) is 54.9 cm³/mol. The van der Waals surface area contributed by atoms with Crippen molar-refractivity contribution in [2.45, 2.75) is 32.9 Å². The molecule has 13 heavy (non-hydrogen) atoms. The minimum absolute atomic E-state index is 0.279. The summed E-state index contributed by atoms with van der Waals surface area (Å²) in [7, 11) is 0. The Morgan fingerprint density at radius 2 is 2.31 bits per heavy atom. The molecule has 0 bridgehead atoms. The molecule has 0 amide bonds. The lowest BCUT2D eigenvalue weighted by Crippen LogP contribution is -2.26. The molecule has 0 aliphatic carbocycles. The van der Waals surface area contributed by atoms with Crippen molar-refractivity contribution >= 4 is 11.3 Å². The van der Waals surface area contributed by atoms with Gasteiger partial charge in [0.05, 0.1) is 11.1 Å². The van der Waals surface area contributed by atoms with Crippen LogP contribution in [0.2, 0.25) is 0 Å². The molecular formula is C9H16N2OS. The summed E-state index contributed by atoms with van der Waals surface area (Å²) in [5, 5.41) is 13.4. The van der Waals surface area contributed by atoms with Gasteiger partial charge >= 0.3 is 0 Å². The van der Waals surface area contributed by atoms with E-state index in [0.717, 1.165) is 5.01 Å². The van der Waals surface area contributed by atoms with Crippen molar-refractivity contribution in [1.29, 1.82) is 0 Å². The maximum Gasteiger partial charge on any atom is 0.0897 e. The number of thiazole rings is 1. The Hall–Kier alpha value is -0.450. The maximum absolute atomic E-state index is 9.08. The number of aliphatic hydroxyl groups is 1. The van der Waals surface area contributed by atoms with Crippen LogP contribution in [0, 0.1) is 6.92 Å². The quantitative estimate of drug-likeness (QED) is 0.774. The molecule has 1 rings (SSSR count). The molecule has 4 heteroatoms. The molecular weight excluding hydrogens is 184 g/mol. The number of hydrogen-bond donors (Lipinski definition) is 2. The van der Waals surface area contributed by atoms with Crippen molar-refractivity contribution < 1.29 is 5.11 Å². The van der Waals surface area contributed by atoms with Gasteiger partial charge in [0.2, 0.25) is 0 Å². The first-order chi connectivity index (χ1) is 6.09. The molecule has 2 atom stereocenters. The van der Waals surface area contributed by atoms with Crippen molar-refractivity contribution in [2.75, 3.05) is 6.54 Å². The van der Waals surface area contributed by atoms with E-state index >= 15 is 0 Å². The van der Waals surface area contributed by atoms with Crippen LogP contribution in [0.25, 0.3) is 0 Å². The zero-order valence-electron chi connectivity index (χ0n) is 8.24. The second-order valence-electron chi connectivity index (χ2n) is 3.26. The molecule has 2 N–H and O–H groups in total. The summed E-state index contributed by atoms with van der Waals surface area (Å²) in [6.45, 7) is 6.47. The molecule has 1 aromatic rings. The van der Waals surface area contributed by atoms with E-state index in [-0.39, 0.29) is 12.1 Å². The molecule has 0 aliphatic heterocycles. The topological polar surface area (TPSA) is 45.2 Å². The van der Waals surface area contributed by atoms with Crippen LogP contribution in [0.1, 0.15) is 29.8 Å². The standard InChI is InChI=1S/C9H16N2OS/c1-6(12)4-10-7(2)9-5-11-8(3)13-9/h5-7,10,12H,4H2,1-3H3/t6-,7?/m0/s1. The summed E-state index contributed by atoms with van der Waals surface area (Å²) < 4.78 is 0. The van der Waals surface area contributed by atoms with Crippen LogP contribution >= 0.6 is 11.3 Å². The Labute approximate surface area is 82.8 Å². The van der Waals surface area contributed by atoms with E-state index in [1.807, 2.05) is 13.1 Å². The molecule has 0 aliphatic rings. The summed E-state index contributed by atoms with van der Waals surface area (Å²) in [6.07, 6.45) is 1.59. The molecule has 1 unspecified atom stereocenters. The predicted octanol–water partition coefficient (Wildman–Crippen LogP) is 1.48. The number of aryl methyl sites for hydroxylation is 1. The molecule has 74 valence electrons. The average Bonchev–Trinajstić information content (AvgIpc) is 2.47. The van der Waals surface area contributed by atoms with E-state index in [4.69, 9.17) is 5.11 Å². The molecule has 0 aromatic carbocycles. The average molecular weight is 200 g/mol. The van der Waals surface area contributed by atoms with Gasteiger partial charge in [-0.1, -0.05) is 0 Å². The first-order valence-corrected chi connectivity index (χ1v) is 5.25. The van der Waals surface area contributed by atoms with E-state index in [2.05, 4.69) is 17.2 Å². The zero-order valence-corrected chi connectivity index (χ0v) is 9.06. The van der Waals surface area contributed by atoms with E-state index in [1.165, 1.54) is 4.88 Å². The first kappa shape index (κ1) is 10.6. The largest absolute Gasteiger partial charge is 0.392 e. The second-order valence-corrected chi connectivity index (χ2v) is 4.53. The van der Waals surface area contributed by atoms with E-state index < -0.39 is 0 Å². The number of nitrogens with one attached hydrogen (secondary N) is 1. The Morgan fingerprint density at radius 1 is 1.62 bits per heavy atom. The summed E-state index contributed by atoms with van der Waals surface area (Å²) in [6, 6.07) is 0.279. The Kier molecular flexibility index (Phi) is 3.84. The van der Waals surface area contributed by atoms with Gasteiger partial charge in [0.15, 0.2) is 0 Å². The van der Waals surface area contributed by atoms with Crippen molar-refractivity contribution in [1.82, 2.24) is 10.3 Å². The fraction of sp³-hybridized carbons (Fsp3) is 0.667. The Morgan fingerprint density at radius 3 is 2.77 bits per heavy atom. The number of aromatic nitrogens is 1. The molecule has 3 nitrogen and oxygen atoms in total. The molecule has 0 saturated heterocycles. The molecule has 0 spiro atoms. The summed E-state index contributed by atoms with van der Waals surface area (Å²) in [4.78, 5) is 5.40. The monoisotopic (exact) mass is 200 g/mol. The molecule has 1 heterocycles. The first-order valence-electron chi connectivity index (χ1n) is 4.43. The minimum Gasteiger partial charge on any atom is -0.392 e. The molecule has 0 radical (unpaired) electrons. The third-order valence-electron chi connectivity index (χ3n) is 1.79. The lowest BCUT2D eigenvalue weighted by Gasteiger charge is -2.12. The van der Waals surface area contributed by atoms with Crippen molar-refractivity contribution in [3.8, 4) is 0 Å². The van der Waals surface area contributed by atoms with Gasteiger partial charge in [0.1, 0.15) is 0 Å². The van der Waals surface area contributed by atoms with Crippen LogP contribution in [0.3, 0.4) is 0 Å². The van der Waals surface area contributed by atoms with Crippen molar-refractivity contribution in [2.24, 2.45) is 0 Å².